The molecule has 0 N–H and O–H groups in total. The van der Waals surface area contributed by atoms with Crippen LogP contribution in [0.3, 0.4) is 0 Å². The molecule has 1 unspecified atom stereocenters. The molecule has 0 radical (unpaired) electrons. The lowest BCUT2D eigenvalue weighted by Gasteiger charge is -2.23. The van der Waals surface area contributed by atoms with Gasteiger partial charge in [-0.3, -0.25) is 9.48 Å². The van der Waals surface area contributed by atoms with E-state index in [2.05, 4.69) is 10.2 Å². The molecule has 7 nitrogen and oxygen atoms in total. The van der Waals surface area contributed by atoms with Gasteiger partial charge in [0.1, 0.15) is 18.1 Å². The van der Waals surface area contributed by atoms with Gasteiger partial charge >= 0.3 is 0 Å². The molecule has 138 valence electrons. The van der Waals surface area contributed by atoms with Crippen LogP contribution in [-0.4, -0.2) is 43.5 Å². The summed E-state index contributed by atoms with van der Waals surface area (Å²) >= 11 is 0. The number of amides is 1. The molecule has 1 atom stereocenters. The Kier molecular flexibility index (Phi) is 5.25. The van der Waals surface area contributed by atoms with Crippen molar-refractivity contribution in [3.05, 3.63) is 59.6 Å². The molecular weight excluding hydrogens is 330 g/mol. The molecular formula is C19H25N5O2. The van der Waals surface area contributed by atoms with Crippen LogP contribution in [0.5, 0.6) is 0 Å². The van der Waals surface area contributed by atoms with Crippen molar-refractivity contribution in [2.45, 2.75) is 46.3 Å². The number of hydrogen-bond donors (Lipinski definition) is 0. The zero-order chi connectivity index (χ0) is 18.7. The third-order valence-corrected chi connectivity index (χ3v) is 4.61. The van der Waals surface area contributed by atoms with Gasteiger partial charge in [-0.25, -0.2) is 4.68 Å². The minimum atomic E-state index is -0.0796. The quantitative estimate of drug-likeness (QED) is 0.653. The van der Waals surface area contributed by atoms with E-state index in [9.17, 15) is 4.79 Å². The Hall–Kier alpha value is -2.83. The summed E-state index contributed by atoms with van der Waals surface area (Å²) in [4.78, 5) is 14.4. The molecule has 0 aromatic carbocycles. The molecule has 0 fully saturated rings. The van der Waals surface area contributed by atoms with Crippen LogP contribution in [0, 0.1) is 13.8 Å². The minimum absolute atomic E-state index is 0.0796. The molecule has 3 heterocycles. The van der Waals surface area contributed by atoms with Gasteiger partial charge in [0.2, 0.25) is 0 Å². The van der Waals surface area contributed by atoms with Crippen molar-refractivity contribution in [1.82, 2.24) is 24.5 Å². The summed E-state index contributed by atoms with van der Waals surface area (Å²) < 4.78 is 8.95. The first kappa shape index (κ1) is 18.0. The van der Waals surface area contributed by atoms with E-state index in [1.165, 1.54) is 0 Å². The molecule has 0 saturated carbocycles. The normalized spacial score (nSPS) is 12.3. The van der Waals surface area contributed by atoms with E-state index in [-0.39, 0.29) is 11.9 Å². The second-order valence-electron chi connectivity index (χ2n) is 6.69. The first-order valence-electron chi connectivity index (χ1n) is 8.78. The van der Waals surface area contributed by atoms with Crippen molar-refractivity contribution in [3.8, 4) is 0 Å². The summed E-state index contributed by atoms with van der Waals surface area (Å²) in [6.07, 6.45) is 5.12. The number of hydrogen-bond acceptors (Lipinski definition) is 4. The smallest absolute Gasteiger partial charge is 0.274 e. The SMILES string of the molecule is Cc1cc(C)n(Cn2ccc(C(=O)N(C)C(C)CCc3ccco3)n2)n1. The maximum atomic E-state index is 12.7. The largest absolute Gasteiger partial charge is 0.469 e. The molecule has 0 aliphatic heterocycles. The zero-order valence-corrected chi connectivity index (χ0v) is 15.7. The molecule has 7 heteroatoms. The van der Waals surface area contributed by atoms with E-state index in [0.717, 1.165) is 30.0 Å². The van der Waals surface area contributed by atoms with E-state index in [1.807, 2.05) is 56.9 Å². The Bertz CT molecular complexity index is 863. The highest BCUT2D eigenvalue weighted by atomic mass is 16.3. The predicted molar refractivity (Wildman–Crippen MR) is 97.9 cm³/mol. The zero-order valence-electron chi connectivity index (χ0n) is 15.7. The average Bonchev–Trinajstić information content (AvgIpc) is 3.34. The topological polar surface area (TPSA) is 69.1 Å². The summed E-state index contributed by atoms with van der Waals surface area (Å²) in [6, 6.07) is 7.70. The second kappa shape index (κ2) is 7.59. The van der Waals surface area contributed by atoms with Gasteiger partial charge in [0.25, 0.3) is 5.91 Å². The summed E-state index contributed by atoms with van der Waals surface area (Å²) in [5.41, 5.74) is 2.48. The van der Waals surface area contributed by atoms with Gasteiger partial charge in [0.05, 0.1) is 12.0 Å². The summed E-state index contributed by atoms with van der Waals surface area (Å²) in [6.45, 7) is 6.49. The molecule has 3 aromatic heterocycles. The third-order valence-electron chi connectivity index (χ3n) is 4.61. The van der Waals surface area contributed by atoms with Gasteiger partial charge in [0, 0.05) is 31.4 Å². The van der Waals surface area contributed by atoms with Crippen LogP contribution in [0.2, 0.25) is 0 Å². The van der Waals surface area contributed by atoms with Crippen molar-refractivity contribution in [2.75, 3.05) is 7.05 Å². The van der Waals surface area contributed by atoms with Crippen molar-refractivity contribution < 1.29 is 9.21 Å². The van der Waals surface area contributed by atoms with Gasteiger partial charge in [-0.15, -0.1) is 0 Å². The average molecular weight is 355 g/mol. The highest BCUT2D eigenvalue weighted by Gasteiger charge is 2.20. The fourth-order valence-electron chi connectivity index (χ4n) is 2.89. The lowest BCUT2D eigenvalue weighted by atomic mass is 10.1. The summed E-state index contributed by atoms with van der Waals surface area (Å²) in [7, 11) is 1.81. The van der Waals surface area contributed by atoms with Gasteiger partial charge in [-0.2, -0.15) is 10.2 Å². The van der Waals surface area contributed by atoms with Crippen molar-refractivity contribution >= 4 is 5.91 Å². The van der Waals surface area contributed by atoms with Crippen molar-refractivity contribution in [1.29, 1.82) is 0 Å². The first-order valence-corrected chi connectivity index (χ1v) is 8.78. The van der Waals surface area contributed by atoms with Crippen LogP contribution >= 0.6 is 0 Å². The first-order chi connectivity index (χ1) is 12.4. The fourth-order valence-corrected chi connectivity index (χ4v) is 2.89. The highest BCUT2D eigenvalue weighted by Crippen LogP contribution is 2.12. The van der Waals surface area contributed by atoms with Crippen LogP contribution in [0.25, 0.3) is 0 Å². The van der Waals surface area contributed by atoms with E-state index in [0.29, 0.717) is 12.4 Å². The maximum Gasteiger partial charge on any atom is 0.274 e. The molecule has 0 spiro atoms. The van der Waals surface area contributed by atoms with Crippen LogP contribution in [0.1, 0.15) is 41.0 Å². The molecule has 0 bridgehead atoms. The molecule has 0 aliphatic carbocycles. The molecule has 3 aromatic rings. The number of aromatic nitrogens is 4. The van der Waals surface area contributed by atoms with E-state index >= 15 is 0 Å². The van der Waals surface area contributed by atoms with Gasteiger partial charge < -0.3 is 9.32 Å². The Morgan fingerprint density at radius 3 is 2.77 bits per heavy atom. The standard InChI is InChI=1S/C19H25N5O2/c1-14-12-16(3)24(20-14)13-23-10-9-18(21-23)19(25)22(4)15(2)7-8-17-6-5-11-26-17/h5-6,9-12,15H,7-8,13H2,1-4H3. The Morgan fingerprint density at radius 2 is 2.12 bits per heavy atom. The highest BCUT2D eigenvalue weighted by molar-refractivity contribution is 5.92. The van der Waals surface area contributed by atoms with Crippen LogP contribution in [-0.2, 0) is 13.1 Å². The molecule has 0 aliphatic rings. The number of nitrogens with zero attached hydrogens (tertiary/aromatic N) is 5. The molecule has 0 saturated heterocycles. The minimum Gasteiger partial charge on any atom is -0.469 e. The number of carbonyl (C=O) groups is 1. The van der Waals surface area contributed by atoms with Crippen molar-refractivity contribution in [2.24, 2.45) is 0 Å². The van der Waals surface area contributed by atoms with Gasteiger partial charge in [-0.05, 0) is 51.5 Å². The molecule has 3 rings (SSSR count). The third kappa shape index (κ3) is 4.04. The van der Waals surface area contributed by atoms with Gasteiger partial charge in [-0.1, -0.05) is 0 Å². The molecule has 1 amide bonds. The van der Waals surface area contributed by atoms with Crippen LogP contribution in [0.4, 0.5) is 0 Å². The fraction of sp³-hybridized carbons (Fsp3) is 0.421. The van der Waals surface area contributed by atoms with E-state index in [1.54, 1.807) is 21.9 Å². The predicted octanol–water partition coefficient (Wildman–Crippen LogP) is 2.89. The van der Waals surface area contributed by atoms with Crippen LogP contribution < -0.4 is 0 Å². The monoisotopic (exact) mass is 355 g/mol. The number of carbonyl (C=O) groups excluding carboxylic acids is 1. The maximum absolute atomic E-state index is 12.7. The lowest BCUT2D eigenvalue weighted by molar-refractivity contribution is 0.0729. The van der Waals surface area contributed by atoms with E-state index < -0.39 is 0 Å². The Balaban J connectivity index is 1.60. The second-order valence-corrected chi connectivity index (χ2v) is 6.69. The number of furan rings is 1. The summed E-state index contributed by atoms with van der Waals surface area (Å²) in [5.74, 6) is 0.857. The van der Waals surface area contributed by atoms with Crippen LogP contribution in [0.15, 0.2) is 41.1 Å². The Morgan fingerprint density at radius 1 is 1.31 bits per heavy atom. The van der Waals surface area contributed by atoms with Gasteiger partial charge in [0.15, 0.2) is 0 Å². The molecule has 26 heavy (non-hydrogen) atoms. The number of rotatable bonds is 7. The van der Waals surface area contributed by atoms with E-state index in [4.69, 9.17) is 4.42 Å². The summed E-state index contributed by atoms with van der Waals surface area (Å²) in [5, 5.41) is 8.84. The Labute approximate surface area is 153 Å². The number of aryl methyl sites for hydroxylation is 3. The lowest BCUT2D eigenvalue weighted by Crippen LogP contribution is -2.35. The van der Waals surface area contributed by atoms with Crippen molar-refractivity contribution in [3.63, 3.8) is 0 Å².